The maximum Gasteiger partial charge on any atom is 0.0992 e. The Morgan fingerprint density at radius 2 is 2.25 bits per heavy atom. The van der Waals surface area contributed by atoms with E-state index in [1.807, 2.05) is 6.07 Å². The predicted molar refractivity (Wildman–Crippen MR) is 30.1 cm³/mol. The molecule has 0 unspecified atom stereocenters. The van der Waals surface area contributed by atoms with Gasteiger partial charge in [-0.2, -0.15) is 10.2 Å². The molecule has 0 amide bonds. The Hall–Kier alpha value is -0.910. The summed E-state index contributed by atoms with van der Waals surface area (Å²) in [6, 6.07) is 1.95. The minimum atomic E-state index is -0.582. The van der Waals surface area contributed by atoms with Gasteiger partial charge in [0.15, 0.2) is 0 Å². The van der Waals surface area contributed by atoms with E-state index in [9.17, 15) is 4.91 Å². The number of nitrogens with zero attached hydrogens (tertiary/aromatic N) is 2. The van der Waals surface area contributed by atoms with E-state index in [0.29, 0.717) is 0 Å². The van der Waals surface area contributed by atoms with Crippen LogP contribution in [0.2, 0.25) is 0 Å². The average Bonchev–Trinajstić information content (AvgIpc) is 1.67. The molecule has 0 saturated carbocycles. The Morgan fingerprint density at radius 3 is 2.38 bits per heavy atom. The van der Waals surface area contributed by atoms with Crippen molar-refractivity contribution in [2.45, 2.75) is 13.8 Å². The Bertz CT molecular complexity index is 123. The topological polar surface area (TPSA) is 53.2 Å². The summed E-state index contributed by atoms with van der Waals surface area (Å²) >= 11 is 0. The van der Waals surface area contributed by atoms with Crippen LogP contribution >= 0.6 is 0 Å². The van der Waals surface area contributed by atoms with Crippen molar-refractivity contribution in [2.75, 3.05) is 6.54 Å². The maximum absolute atomic E-state index is 9.58. The van der Waals surface area contributed by atoms with Crippen LogP contribution in [0.4, 0.5) is 0 Å². The van der Waals surface area contributed by atoms with Crippen LogP contribution in [0.15, 0.2) is 5.18 Å². The van der Waals surface area contributed by atoms with Gasteiger partial charge in [-0.25, -0.2) is 0 Å². The van der Waals surface area contributed by atoms with E-state index < -0.39 is 5.41 Å². The van der Waals surface area contributed by atoms with Crippen molar-refractivity contribution in [1.29, 1.82) is 5.26 Å². The number of hydrogen-bond donors (Lipinski definition) is 0. The largest absolute Gasteiger partial charge is 0.198 e. The highest BCUT2D eigenvalue weighted by Gasteiger charge is 2.15. The first-order chi connectivity index (χ1) is 3.62. The highest BCUT2D eigenvalue weighted by Crippen LogP contribution is 2.11. The quantitative estimate of drug-likeness (QED) is 0.505. The van der Waals surface area contributed by atoms with Gasteiger partial charge in [-0.1, -0.05) is 5.18 Å². The summed E-state index contributed by atoms with van der Waals surface area (Å²) in [5.41, 5.74) is -0.582. The van der Waals surface area contributed by atoms with Crippen LogP contribution in [-0.2, 0) is 0 Å². The molecule has 0 heterocycles. The van der Waals surface area contributed by atoms with E-state index in [0.717, 1.165) is 0 Å². The van der Waals surface area contributed by atoms with E-state index in [-0.39, 0.29) is 6.54 Å². The second kappa shape index (κ2) is 2.41. The summed E-state index contributed by atoms with van der Waals surface area (Å²) in [5.74, 6) is 0. The van der Waals surface area contributed by atoms with Gasteiger partial charge in [0.05, 0.1) is 18.0 Å². The molecule has 0 bridgehead atoms. The van der Waals surface area contributed by atoms with Crippen LogP contribution in [0.5, 0.6) is 0 Å². The molecular formula is C5H8N2O. The molecule has 0 N–H and O–H groups in total. The van der Waals surface area contributed by atoms with Gasteiger partial charge in [-0.15, -0.1) is 0 Å². The van der Waals surface area contributed by atoms with Crippen LogP contribution in [0, 0.1) is 21.7 Å². The SMILES string of the molecule is CC(C)(C#N)CN=O. The lowest BCUT2D eigenvalue weighted by Gasteiger charge is -2.06. The third-order valence-corrected chi connectivity index (χ3v) is 0.762. The second-order valence-electron chi connectivity index (χ2n) is 2.28. The number of nitroso groups, excluding NO2 is 1. The van der Waals surface area contributed by atoms with Crippen LogP contribution in [0.25, 0.3) is 0 Å². The summed E-state index contributed by atoms with van der Waals surface area (Å²) in [6.45, 7) is 3.42. The van der Waals surface area contributed by atoms with Gasteiger partial charge in [0.2, 0.25) is 0 Å². The van der Waals surface area contributed by atoms with E-state index in [4.69, 9.17) is 5.26 Å². The molecule has 3 nitrogen and oxygen atoms in total. The molecule has 44 valence electrons. The van der Waals surface area contributed by atoms with E-state index in [1.165, 1.54) is 0 Å². The Kier molecular flexibility index (Phi) is 2.14. The Morgan fingerprint density at radius 1 is 1.75 bits per heavy atom. The highest BCUT2D eigenvalue weighted by atomic mass is 16.3. The Balaban J connectivity index is 3.76. The lowest BCUT2D eigenvalue weighted by molar-refractivity contribution is 0.510. The van der Waals surface area contributed by atoms with Crippen LogP contribution in [-0.4, -0.2) is 6.54 Å². The van der Waals surface area contributed by atoms with Crippen molar-refractivity contribution >= 4 is 0 Å². The monoisotopic (exact) mass is 112 g/mol. The Labute approximate surface area is 48.3 Å². The fourth-order valence-corrected chi connectivity index (χ4v) is 0.197. The third-order valence-electron chi connectivity index (χ3n) is 0.762. The van der Waals surface area contributed by atoms with Crippen molar-refractivity contribution in [1.82, 2.24) is 0 Å². The number of nitriles is 1. The summed E-state index contributed by atoms with van der Waals surface area (Å²) in [4.78, 5) is 9.58. The molecule has 0 aliphatic rings. The van der Waals surface area contributed by atoms with Crippen LogP contribution in [0.3, 0.4) is 0 Å². The van der Waals surface area contributed by atoms with Gasteiger partial charge in [0.1, 0.15) is 0 Å². The molecule has 0 spiro atoms. The number of rotatable bonds is 2. The molecule has 0 aromatic rings. The van der Waals surface area contributed by atoms with E-state index in [2.05, 4.69) is 5.18 Å². The first kappa shape index (κ1) is 7.09. The molecule has 0 rings (SSSR count). The lowest BCUT2D eigenvalue weighted by Crippen LogP contribution is -2.11. The minimum Gasteiger partial charge on any atom is -0.198 e. The van der Waals surface area contributed by atoms with Gasteiger partial charge in [-0.3, -0.25) is 0 Å². The molecular weight excluding hydrogens is 104 g/mol. The molecule has 3 heteroatoms. The number of hydrogen-bond acceptors (Lipinski definition) is 3. The van der Waals surface area contributed by atoms with Crippen molar-refractivity contribution in [3.8, 4) is 6.07 Å². The molecule has 0 aromatic heterocycles. The minimum absolute atomic E-state index is 0.0729. The zero-order valence-corrected chi connectivity index (χ0v) is 5.01. The molecule has 0 fully saturated rings. The van der Waals surface area contributed by atoms with Gasteiger partial charge in [0, 0.05) is 0 Å². The maximum atomic E-state index is 9.58. The summed E-state index contributed by atoms with van der Waals surface area (Å²) in [5, 5.41) is 10.9. The summed E-state index contributed by atoms with van der Waals surface area (Å²) in [6.07, 6.45) is 0. The molecule has 0 aliphatic carbocycles. The van der Waals surface area contributed by atoms with Gasteiger partial charge in [-0.05, 0) is 13.8 Å². The normalized spacial score (nSPS) is 10.1. The van der Waals surface area contributed by atoms with Crippen molar-refractivity contribution < 1.29 is 0 Å². The summed E-state index contributed by atoms with van der Waals surface area (Å²) in [7, 11) is 0. The van der Waals surface area contributed by atoms with Crippen LogP contribution < -0.4 is 0 Å². The van der Waals surface area contributed by atoms with Crippen molar-refractivity contribution in [3.05, 3.63) is 4.91 Å². The first-order valence-electron chi connectivity index (χ1n) is 2.33. The molecule has 0 atom stereocenters. The van der Waals surface area contributed by atoms with Gasteiger partial charge in [0.25, 0.3) is 0 Å². The van der Waals surface area contributed by atoms with E-state index >= 15 is 0 Å². The fourth-order valence-electron chi connectivity index (χ4n) is 0.197. The predicted octanol–water partition coefficient (Wildman–Crippen LogP) is 1.30. The summed E-state index contributed by atoms with van der Waals surface area (Å²) < 4.78 is 0. The standard InChI is InChI=1S/C5H8N2O/c1-5(2,3-6)4-7-8/h4H2,1-2H3. The molecule has 0 aromatic carbocycles. The smallest absolute Gasteiger partial charge is 0.0992 e. The van der Waals surface area contributed by atoms with Crippen molar-refractivity contribution in [3.63, 3.8) is 0 Å². The fraction of sp³-hybridized carbons (Fsp3) is 0.800. The zero-order chi connectivity index (χ0) is 6.62. The first-order valence-corrected chi connectivity index (χ1v) is 2.33. The lowest BCUT2D eigenvalue weighted by atomic mass is 9.97. The van der Waals surface area contributed by atoms with Gasteiger partial charge < -0.3 is 0 Å². The highest BCUT2D eigenvalue weighted by molar-refractivity contribution is 4.92. The van der Waals surface area contributed by atoms with Crippen molar-refractivity contribution in [2.24, 2.45) is 10.6 Å². The molecule has 0 aliphatic heterocycles. The molecule has 8 heavy (non-hydrogen) atoms. The molecule has 0 saturated heterocycles. The second-order valence-corrected chi connectivity index (χ2v) is 2.28. The van der Waals surface area contributed by atoms with Gasteiger partial charge >= 0.3 is 0 Å². The zero-order valence-electron chi connectivity index (χ0n) is 5.01. The van der Waals surface area contributed by atoms with Crippen LogP contribution in [0.1, 0.15) is 13.8 Å². The molecule has 0 radical (unpaired) electrons. The van der Waals surface area contributed by atoms with E-state index in [1.54, 1.807) is 13.8 Å². The third kappa shape index (κ3) is 2.30. The average molecular weight is 112 g/mol.